The molecule has 0 unspecified atom stereocenters. The van der Waals surface area contributed by atoms with Crippen molar-refractivity contribution in [1.29, 1.82) is 0 Å². The summed E-state index contributed by atoms with van der Waals surface area (Å²) in [5.41, 5.74) is 0.338. The van der Waals surface area contributed by atoms with E-state index in [0.29, 0.717) is 24.7 Å². The highest BCUT2D eigenvalue weighted by Gasteiger charge is 2.28. The van der Waals surface area contributed by atoms with Crippen LogP contribution in [0, 0.1) is 12.7 Å². The van der Waals surface area contributed by atoms with Gasteiger partial charge in [-0.2, -0.15) is 9.40 Å². The number of nitrogens with one attached hydrogen (secondary N) is 1. The van der Waals surface area contributed by atoms with Crippen LogP contribution in [0.4, 0.5) is 10.2 Å². The maximum atomic E-state index is 14.1. The van der Waals surface area contributed by atoms with Crippen molar-refractivity contribution in [1.82, 2.24) is 14.1 Å². The second kappa shape index (κ2) is 7.14. The van der Waals surface area contributed by atoms with Crippen LogP contribution in [0.25, 0.3) is 0 Å². The van der Waals surface area contributed by atoms with E-state index in [1.165, 1.54) is 8.99 Å². The maximum absolute atomic E-state index is 14.1. The monoisotopic (exact) mass is 382 g/mol. The summed E-state index contributed by atoms with van der Waals surface area (Å²) in [6, 6.07) is 4.82. The molecule has 10 heteroatoms. The molecule has 2 heterocycles. The Labute approximate surface area is 150 Å². The van der Waals surface area contributed by atoms with Crippen LogP contribution in [0.1, 0.15) is 16.1 Å². The molecule has 1 fully saturated rings. The van der Waals surface area contributed by atoms with Crippen LogP contribution in [-0.2, 0) is 21.8 Å². The van der Waals surface area contributed by atoms with Gasteiger partial charge < -0.3 is 10.1 Å². The zero-order chi connectivity index (χ0) is 18.9. The topological polar surface area (TPSA) is 93.5 Å². The van der Waals surface area contributed by atoms with Gasteiger partial charge in [-0.25, -0.2) is 12.8 Å². The molecule has 0 atom stereocenters. The predicted molar refractivity (Wildman–Crippen MR) is 91.9 cm³/mol. The lowest BCUT2D eigenvalue weighted by Gasteiger charge is -2.26. The Morgan fingerprint density at radius 3 is 2.58 bits per heavy atom. The van der Waals surface area contributed by atoms with Crippen LogP contribution in [0.5, 0.6) is 0 Å². The Hall–Kier alpha value is -2.30. The molecule has 26 heavy (non-hydrogen) atoms. The number of benzene rings is 1. The Kier molecular flexibility index (Phi) is 5.08. The summed E-state index contributed by atoms with van der Waals surface area (Å²) in [5, 5.41) is 6.63. The molecule has 1 saturated heterocycles. The van der Waals surface area contributed by atoms with E-state index in [-0.39, 0.29) is 23.5 Å². The lowest BCUT2D eigenvalue weighted by molar-refractivity contribution is 0.0730. The number of aryl methyl sites for hydroxylation is 2. The van der Waals surface area contributed by atoms with Gasteiger partial charge in [-0.05, 0) is 25.1 Å². The lowest BCUT2D eigenvalue weighted by Crippen LogP contribution is -2.40. The molecule has 8 nitrogen and oxygen atoms in total. The SMILES string of the molecule is Cc1cc(NC(=O)c2cc(S(=O)(=O)N3CCOCC3)ccc2F)n(C)n1. The predicted octanol–water partition coefficient (Wildman–Crippen LogP) is 1.14. The summed E-state index contributed by atoms with van der Waals surface area (Å²) >= 11 is 0. The Morgan fingerprint density at radius 1 is 1.27 bits per heavy atom. The number of amides is 1. The molecule has 1 amide bonds. The molecule has 140 valence electrons. The van der Waals surface area contributed by atoms with Crippen molar-refractivity contribution in [3.8, 4) is 0 Å². The van der Waals surface area contributed by atoms with E-state index in [4.69, 9.17) is 4.74 Å². The van der Waals surface area contributed by atoms with Gasteiger partial charge in [0.25, 0.3) is 5.91 Å². The number of hydrogen-bond acceptors (Lipinski definition) is 5. The van der Waals surface area contributed by atoms with Crippen molar-refractivity contribution in [2.45, 2.75) is 11.8 Å². The van der Waals surface area contributed by atoms with Crippen LogP contribution in [0.2, 0.25) is 0 Å². The molecule has 1 N–H and O–H groups in total. The average molecular weight is 382 g/mol. The molecule has 1 aliphatic heterocycles. The minimum Gasteiger partial charge on any atom is -0.379 e. The van der Waals surface area contributed by atoms with Gasteiger partial charge in [-0.15, -0.1) is 0 Å². The van der Waals surface area contributed by atoms with E-state index in [1.54, 1.807) is 20.0 Å². The summed E-state index contributed by atoms with van der Waals surface area (Å²) < 4.78 is 47.4. The number of sulfonamides is 1. The summed E-state index contributed by atoms with van der Waals surface area (Å²) in [6.45, 7) is 2.79. The Balaban J connectivity index is 1.89. The van der Waals surface area contributed by atoms with Crippen LogP contribution in [-0.4, -0.2) is 54.7 Å². The Morgan fingerprint density at radius 2 is 1.96 bits per heavy atom. The minimum absolute atomic E-state index is 0.132. The van der Waals surface area contributed by atoms with Gasteiger partial charge in [0.15, 0.2) is 0 Å². The zero-order valence-corrected chi connectivity index (χ0v) is 15.2. The summed E-state index contributed by atoms with van der Waals surface area (Å²) in [7, 11) is -2.19. The number of hydrogen-bond donors (Lipinski definition) is 1. The maximum Gasteiger partial charge on any atom is 0.259 e. The number of rotatable bonds is 4. The van der Waals surface area contributed by atoms with Crippen molar-refractivity contribution in [3.63, 3.8) is 0 Å². The molecule has 1 aliphatic rings. The third-order valence-electron chi connectivity index (χ3n) is 4.03. The van der Waals surface area contributed by atoms with Gasteiger partial charge >= 0.3 is 0 Å². The molecular weight excluding hydrogens is 363 g/mol. The first-order valence-corrected chi connectivity index (χ1v) is 9.42. The lowest BCUT2D eigenvalue weighted by atomic mass is 10.2. The number of anilines is 1. The summed E-state index contributed by atoms with van der Waals surface area (Å²) in [4.78, 5) is 12.3. The molecular formula is C16H19FN4O4S. The van der Waals surface area contributed by atoms with E-state index >= 15 is 0 Å². The quantitative estimate of drug-likeness (QED) is 0.856. The van der Waals surface area contributed by atoms with Crippen molar-refractivity contribution in [3.05, 3.63) is 41.3 Å². The van der Waals surface area contributed by atoms with E-state index in [0.717, 1.165) is 18.2 Å². The van der Waals surface area contributed by atoms with Crippen LogP contribution in [0.3, 0.4) is 0 Å². The van der Waals surface area contributed by atoms with Gasteiger partial charge in [-0.3, -0.25) is 9.48 Å². The molecule has 1 aromatic heterocycles. The van der Waals surface area contributed by atoms with Gasteiger partial charge in [0.05, 0.1) is 29.4 Å². The van der Waals surface area contributed by atoms with Gasteiger partial charge in [-0.1, -0.05) is 0 Å². The second-order valence-electron chi connectivity index (χ2n) is 5.91. The first-order chi connectivity index (χ1) is 12.3. The van der Waals surface area contributed by atoms with Crippen LogP contribution >= 0.6 is 0 Å². The number of ether oxygens (including phenoxy) is 1. The number of nitrogens with zero attached hydrogens (tertiary/aromatic N) is 3. The van der Waals surface area contributed by atoms with E-state index < -0.39 is 21.7 Å². The average Bonchev–Trinajstić information content (AvgIpc) is 2.93. The highest BCUT2D eigenvalue weighted by Crippen LogP contribution is 2.21. The van der Waals surface area contributed by atoms with Crippen LogP contribution < -0.4 is 5.32 Å². The molecule has 2 aromatic rings. The zero-order valence-electron chi connectivity index (χ0n) is 14.4. The third-order valence-corrected chi connectivity index (χ3v) is 5.93. The first-order valence-electron chi connectivity index (χ1n) is 7.98. The Bertz CT molecular complexity index is 936. The number of carbonyl (C=O) groups is 1. The van der Waals surface area contributed by atoms with Crippen molar-refractivity contribution < 1.29 is 22.3 Å². The fourth-order valence-corrected chi connectivity index (χ4v) is 4.12. The van der Waals surface area contributed by atoms with E-state index in [1.807, 2.05) is 0 Å². The van der Waals surface area contributed by atoms with Gasteiger partial charge in [0.2, 0.25) is 10.0 Å². The highest BCUT2D eigenvalue weighted by atomic mass is 32.2. The molecule has 1 aromatic carbocycles. The molecule has 0 aliphatic carbocycles. The normalized spacial score (nSPS) is 15.8. The molecule has 0 spiro atoms. The molecule has 0 radical (unpaired) electrons. The molecule has 0 saturated carbocycles. The highest BCUT2D eigenvalue weighted by molar-refractivity contribution is 7.89. The molecule has 3 rings (SSSR count). The number of aromatic nitrogens is 2. The second-order valence-corrected chi connectivity index (χ2v) is 7.84. The molecule has 0 bridgehead atoms. The van der Waals surface area contributed by atoms with Crippen LogP contribution in [0.15, 0.2) is 29.2 Å². The smallest absolute Gasteiger partial charge is 0.259 e. The van der Waals surface area contributed by atoms with E-state index in [9.17, 15) is 17.6 Å². The standard InChI is InChI=1S/C16H19FN4O4S/c1-11-9-15(20(2)19-11)18-16(22)13-10-12(3-4-14(13)17)26(23,24)21-5-7-25-8-6-21/h3-4,9-10H,5-8H2,1-2H3,(H,18,22). The summed E-state index contributed by atoms with van der Waals surface area (Å²) in [5.74, 6) is -1.17. The fourth-order valence-electron chi connectivity index (χ4n) is 2.69. The van der Waals surface area contributed by atoms with Gasteiger partial charge in [0.1, 0.15) is 11.6 Å². The minimum atomic E-state index is -3.82. The van der Waals surface area contributed by atoms with E-state index in [2.05, 4.69) is 10.4 Å². The van der Waals surface area contributed by atoms with Crippen molar-refractivity contribution in [2.24, 2.45) is 7.05 Å². The summed E-state index contributed by atoms with van der Waals surface area (Å²) in [6.07, 6.45) is 0. The third kappa shape index (κ3) is 3.62. The largest absolute Gasteiger partial charge is 0.379 e. The van der Waals surface area contributed by atoms with Gasteiger partial charge in [0, 0.05) is 26.2 Å². The van der Waals surface area contributed by atoms with Crippen molar-refractivity contribution >= 4 is 21.7 Å². The number of carbonyl (C=O) groups excluding carboxylic acids is 1. The number of morpholine rings is 1. The first kappa shape index (κ1) is 18.5. The fraction of sp³-hybridized carbons (Fsp3) is 0.375. The van der Waals surface area contributed by atoms with Crippen molar-refractivity contribution in [2.75, 3.05) is 31.6 Å². The number of halogens is 1.